The summed E-state index contributed by atoms with van der Waals surface area (Å²) >= 11 is 6.40. The molecule has 15 rings (SSSR count). The molecule has 3 atom stereocenters. The molecule has 0 radical (unpaired) electrons. The zero-order valence-corrected chi connectivity index (χ0v) is 49.9. The number of imidazole rings is 3. The third-order valence-electron chi connectivity index (χ3n) is 16.6. The second-order valence-electron chi connectivity index (χ2n) is 21.7. The van der Waals surface area contributed by atoms with E-state index in [2.05, 4.69) is 110 Å². The molecule has 0 fully saturated rings. The summed E-state index contributed by atoms with van der Waals surface area (Å²) in [6.45, 7) is 10.5. The maximum absolute atomic E-state index is 9.35. The van der Waals surface area contributed by atoms with Gasteiger partial charge in [-0.1, -0.05) is 79.7 Å². The summed E-state index contributed by atoms with van der Waals surface area (Å²) < 4.78 is 41.1. The molecule has 89 heavy (non-hydrogen) atoms. The van der Waals surface area contributed by atoms with E-state index in [9.17, 15) is 15.8 Å². The van der Waals surface area contributed by atoms with E-state index in [1.807, 2.05) is 79.0 Å². The Labute approximate surface area is 519 Å². The molecule has 3 aliphatic heterocycles. The largest absolute Gasteiger partial charge is 0.495 e. The molecule has 6 aromatic heterocycles. The number of fused-ring (bicyclic) bond motifs is 6. The van der Waals surface area contributed by atoms with Crippen LogP contribution in [0.5, 0.6) is 17.2 Å². The molecule has 0 aliphatic carbocycles. The summed E-state index contributed by atoms with van der Waals surface area (Å²) in [5, 5.41) is 31.3. The molecule has 0 spiro atoms. The predicted octanol–water partition coefficient (Wildman–Crippen LogP) is 14.3. The smallest absolute Gasteiger partial charge is 0.146 e. The lowest BCUT2D eigenvalue weighted by Gasteiger charge is -2.26. The zero-order valence-electron chi connectivity index (χ0n) is 49.1. The first kappa shape index (κ1) is 59.0. The lowest BCUT2D eigenvalue weighted by Crippen LogP contribution is -2.23. The fourth-order valence-electron chi connectivity index (χ4n) is 12.1. The SMILES string of the molecule is C.COc1c(C#N)ccc2[nH]c(-c3cn4c(n3)C(c3cccc(C)c3C)OCC4)cc12.COc1c(C#N)ccc2[nH]c(-c3cn4c(n3)C(c3ccccc3C)OCC4)cc12.COc1c(C#N)ccc2[nH]c(-c3cn4c(n3)C(c3ccccc3Cl)OCC4)cc12. The van der Waals surface area contributed by atoms with Gasteiger partial charge in [-0.2, -0.15) is 15.8 Å². The van der Waals surface area contributed by atoms with Gasteiger partial charge in [0.05, 0.1) is 74.9 Å². The second kappa shape index (κ2) is 24.8. The van der Waals surface area contributed by atoms with E-state index < -0.39 is 0 Å². The van der Waals surface area contributed by atoms with Gasteiger partial charge in [0.15, 0.2) is 0 Å². The first-order valence-electron chi connectivity index (χ1n) is 28.7. The number of nitrogens with one attached hydrogen (secondary N) is 3. The van der Waals surface area contributed by atoms with E-state index in [4.69, 9.17) is 55.0 Å². The van der Waals surface area contributed by atoms with Crippen LogP contribution >= 0.6 is 11.6 Å². The van der Waals surface area contributed by atoms with Crippen molar-refractivity contribution in [2.45, 2.75) is 66.1 Å². The monoisotopic (exact) mass is 1200 g/mol. The van der Waals surface area contributed by atoms with Crippen LogP contribution in [0.3, 0.4) is 0 Å². The summed E-state index contributed by atoms with van der Waals surface area (Å²) in [7, 11) is 4.74. The Balaban J connectivity index is 0.000000129. The van der Waals surface area contributed by atoms with Gasteiger partial charge in [0, 0.05) is 81.5 Å². The molecule has 3 unspecified atom stereocenters. The van der Waals surface area contributed by atoms with Crippen LogP contribution in [-0.2, 0) is 33.8 Å². The summed E-state index contributed by atoms with van der Waals surface area (Å²) in [5.74, 6) is 4.37. The Hall–Kier alpha value is -10.4. The molecule has 0 saturated heterocycles. The van der Waals surface area contributed by atoms with Crippen LogP contribution in [0.1, 0.15) is 93.3 Å². The van der Waals surface area contributed by atoms with Crippen molar-refractivity contribution in [1.82, 2.24) is 43.6 Å². The Morgan fingerprint density at radius 1 is 0.472 bits per heavy atom. The highest BCUT2D eigenvalue weighted by Gasteiger charge is 2.31. The number of H-pyrrole nitrogens is 3. The number of nitriles is 3. The van der Waals surface area contributed by atoms with Gasteiger partial charge in [-0.05, 0) is 109 Å². The van der Waals surface area contributed by atoms with Gasteiger partial charge in [0.1, 0.15) is 88.3 Å². The van der Waals surface area contributed by atoms with Crippen LogP contribution in [-0.4, -0.2) is 84.8 Å². The minimum absolute atomic E-state index is 0. The number of aryl methyl sites for hydroxylation is 2. The maximum atomic E-state index is 9.35. The zero-order chi connectivity index (χ0) is 60.7. The molecule has 9 heterocycles. The third-order valence-corrected chi connectivity index (χ3v) is 17.0. The first-order valence-corrected chi connectivity index (χ1v) is 29.1. The van der Waals surface area contributed by atoms with Crippen LogP contribution in [0.4, 0.5) is 0 Å². The maximum Gasteiger partial charge on any atom is 0.146 e. The molecular weight excluding hydrogens is 1140 g/mol. The van der Waals surface area contributed by atoms with E-state index >= 15 is 0 Å². The number of ether oxygens (including phenoxy) is 6. The number of aromatic nitrogens is 9. The predicted molar refractivity (Wildman–Crippen MR) is 341 cm³/mol. The number of hydrogen-bond donors (Lipinski definition) is 3. The van der Waals surface area contributed by atoms with Crippen molar-refractivity contribution in [3.05, 3.63) is 212 Å². The van der Waals surface area contributed by atoms with E-state index in [1.165, 1.54) is 16.7 Å². The Kier molecular flexibility index (Phi) is 16.4. The Morgan fingerprint density at radius 2 is 0.831 bits per heavy atom. The highest BCUT2D eigenvalue weighted by Crippen LogP contribution is 2.41. The van der Waals surface area contributed by atoms with Gasteiger partial charge in [0.2, 0.25) is 0 Å². The molecule has 0 bridgehead atoms. The van der Waals surface area contributed by atoms with Crippen LogP contribution in [0.2, 0.25) is 5.02 Å². The average molecular weight is 1200 g/mol. The molecule has 19 heteroatoms. The quantitative estimate of drug-likeness (QED) is 0.123. The number of benzene rings is 6. The van der Waals surface area contributed by atoms with E-state index in [0.717, 1.165) is 121 Å². The van der Waals surface area contributed by atoms with Gasteiger partial charge in [-0.15, -0.1) is 0 Å². The van der Waals surface area contributed by atoms with Crippen molar-refractivity contribution in [2.75, 3.05) is 41.2 Å². The molecule has 12 aromatic rings. The fraction of sp³-hybridized carbons (Fsp3) is 0.229. The van der Waals surface area contributed by atoms with Crippen molar-refractivity contribution >= 4 is 44.3 Å². The number of halogens is 1. The molecule has 18 nitrogen and oxygen atoms in total. The van der Waals surface area contributed by atoms with Crippen LogP contribution < -0.4 is 14.2 Å². The van der Waals surface area contributed by atoms with Gasteiger partial charge in [-0.25, -0.2) is 15.0 Å². The van der Waals surface area contributed by atoms with Crippen LogP contribution in [0.15, 0.2) is 140 Å². The molecular formula is C70H63ClN12O6. The van der Waals surface area contributed by atoms with Gasteiger partial charge < -0.3 is 57.1 Å². The summed E-state index contributed by atoms with van der Waals surface area (Å²) in [6.07, 6.45) is 5.48. The summed E-state index contributed by atoms with van der Waals surface area (Å²) in [5.41, 5.74) is 16.3. The van der Waals surface area contributed by atoms with Crippen molar-refractivity contribution in [2.24, 2.45) is 0 Å². The van der Waals surface area contributed by atoms with Gasteiger partial charge >= 0.3 is 0 Å². The number of rotatable bonds is 9. The molecule has 3 N–H and O–H groups in total. The summed E-state index contributed by atoms with van der Waals surface area (Å²) in [6, 6.07) is 45.7. The first-order chi connectivity index (χ1) is 43.0. The van der Waals surface area contributed by atoms with E-state index in [1.54, 1.807) is 39.5 Å². The molecule has 3 aliphatic rings. The average Bonchev–Trinajstić information content (AvgIpc) is 1.89. The van der Waals surface area contributed by atoms with Gasteiger partial charge in [0.25, 0.3) is 0 Å². The van der Waals surface area contributed by atoms with Crippen molar-refractivity contribution < 1.29 is 28.4 Å². The molecule has 446 valence electrons. The Bertz CT molecular complexity index is 4590. The van der Waals surface area contributed by atoms with Crippen molar-refractivity contribution in [3.8, 4) is 69.6 Å². The van der Waals surface area contributed by atoms with Crippen LogP contribution in [0.25, 0.3) is 66.9 Å². The fourth-order valence-corrected chi connectivity index (χ4v) is 12.3. The lowest BCUT2D eigenvalue weighted by atomic mass is 9.98. The molecule has 0 amide bonds. The molecule has 6 aromatic carbocycles. The van der Waals surface area contributed by atoms with E-state index in [-0.39, 0.29) is 25.7 Å². The number of methoxy groups -OCH3 is 3. The second-order valence-corrected chi connectivity index (χ2v) is 22.1. The normalized spacial score (nSPS) is 15.6. The minimum Gasteiger partial charge on any atom is -0.495 e. The highest BCUT2D eigenvalue weighted by molar-refractivity contribution is 6.31. The van der Waals surface area contributed by atoms with Crippen LogP contribution in [0, 0.1) is 54.8 Å². The number of hydrogen-bond acceptors (Lipinski definition) is 12. The van der Waals surface area contributed by atoms with Gasteiger partial charge in [-0.3, -0.25) is 0 Å². The molecule has 0 saturated carbocycles. The summed E-state index contributed by atoms with van der Waals surface area (Å²) in [4.78, 5) is 24.9. The number of aromatic amines is 3. The topological polar surface area (TPSA) is 228 Å². The lowest BCUT2D eigenvalue weighted by molar-refractivity contribution is 0.0425. The van der Waals surface area contributed by atoms with E-state index in [0.29, 0.717) is 58.8 Å². The number of nitrogens with zero attached hydrogens (tertiary/aromatic N) is 9. The third kappa shape index (κ3) is 10.8. The minimum atomic E-state index is -0.310. The Morgan fingerprint density at radius 3 is 1.22 bits per heavy atom. The van der Waals surface area contributed by atoms with Crippen molar-refractivity contribution in [1.29, 1.82) is 15.8 Å². The highest BCUT2D eigenvalue weighted by atomic mass is 35.5. The van der Waals surface area contributed by atoms with Crippen molar-refractivity contribution in [3.63, 3.8) is 0 Å². The standard InChI is InChI=1S/C24H22N4O2.C23H20N4O2.C22H17ClN4O2.CH4/c1-14-5-4-6-17(15(14)2)23-24-27-21(13-28(24)9-10-30-23)20-11-18-19(26-20)8-7-16(12-25)22(18)29-3;1-14-5-3-4-6-16(14)22-23-26-20(13-27(23)9-10-29-22)19-11-17-18(25-19)8-7-15(12-24)21(17)28-2;1-28-20-13(11-24)6-7-17-15(20)10-18(25-17)19-12-27-8-9-29-21(22(27)26-19)14-4-2-3-5-16(14)23;/h4-8,11,13,23,26H,9-10H2,1-3H3;3-8,11,13,22,25H,9-10H2,1-2H3;2-7,10,12,21,25H,8-9H2,1H3;1H4.